The van der Waals surface area contributed by atoms with Crippen LogP contribution >= 0.6 is 0 Å². The first-order chi connectivity index (χ1) is 10.2. The lowest BCUT2D eigenvalue weighted by Gasteiger charge is -2.27. The molecule has 0 aliphatic carbocycles. The number of para-hydroxylation sites is 2. The smallest absolute Gasteiger partial charge is 0.127 e. The molecule has 0 amide bonds. The molecule has 0 spiro atoms. The average Bonchev–Trinajstić information content (AvgIpc) is 2.85. The lowest BCUT2D eigenvalue weighted by molar-refractivity contribution is 0.215. The number of imidazole rings is 1. The van der Waals surface area contributed by atoms with Crippen LogP contribution in [0.3, 0.4) is 0 Å². The van der Waals surface area contributed by atoms with E-state index in [2.05, 4.69) is 36.4 Å². The second-order valence-electron chi connectivity index (χ2n) is 5.59. The number of aromatic nitrogens is 2. The van der Waals surface area contributed by atoms with E-state index in [4.69, 9.17) is 4.98 Å². The van der Waals surface area contributed by atoms with E-state index in [1.165, 1.54) is 12.8 Å². The molecule has 0 aliphatic heterocycles. The number of aliphatic hydroxyl groups excluding tert-OH is 1. The molecule has 4 nitrogen and oxygen atoms in total. The van der Waals surface area contributed by atoms with E-state index in [0.717, 1.165) is 29.8 Å². The maximum absolute atomic E-state index is 9.39. The first-order valence-electron chi connectivity index (χ1n) is 7.99. The first-order valence-corrected chi connectivity index (χ1v) is 7.99. The highest BCUT2D eigenvalue weighted by molar-refractivity contribution is 5.76. The molecule has 2 rings (SSSR count). The maximum atomic E-state index is 9.39. The Labute approximate surface area is 127 Å². The van der Waals surface area contributed by atoms with Gasteiger partial charge in [-0.3, -0.25) is 4.90 Å². The van der Waals surface area contributed by atoms with Crippen LogP contribution in [0, 0.1) is 0 Å². The Kier molecular flexibility index (Phi) is 5.76. The molecule has 1 unspecified atom stereocenters. The number of rotatable bonds is 8. The van der Waals surface area contributed by atoms with Crippen LogP contribution in [0.2, 0.25) is 0 Å². The summed E-state index contributed by atoms with van der Waals surface area (Å²) in [6.45, 7) is 6.25. The molecule has 0 saturated carbocycles. The van der Waals surface area contributed by atoms with Gasteiger partial charge in [-0.2, -0.15) is 0 Å². The molecule has 0 bridgehead atoms. The van der Waals surface area contributed by atoms with Crippen LogP contribution in [0.25, 0.3) is 11.0 Å². The lowest BCUT2D eigenvalue weighted by Crippen LogP contribution is -2.28. The Morgan fingerprint density at radius 2 is 2.05 bits per heavy atom. The lowest BCUT2D eigenvalue weighted by atomic mass is 10.1. The van der Waals surface area contributed by atoms with Crippen molar-refractivity contribution in [3.05, 3.63) is 30.1 Å². The summed E-state index contributed by atoms with van der Waals surface area (Å²) in [5.74, 6) is 1.08. The first kappa shape index (κ1) is 16.0. The zero-order valence-corrected chi connectivity index (χ0v) is 13.4. The van der Waals surface area contributed by atoms with Gasteiger partial charge >= 0.3 is 0 Å². The normalized spacial score (nSPS) is 13.2. The van der Waals surface area contributed by atoms with Gasteiger partial charge in [-0.15, -0.1) is 0 Å². The third kappa shape index (κ3) is 3.44. The third-order valence-electron chi connectivity index (χ3n) is 4.09. The summed E-state index contributed by atoms with van der Waals surface area (Å²) >= 11 is 0. The van der Waals surface area contributed by atoms with Crippen LogP contribution in [0.1, 0.15) is 45.0 Å². The van der Waals surface area contributed by atoms with E-state index >= 15 is 0 Å². The molecular formula is C17H27N3O. The monoisotopic (exact) mass is 289 g/mol. The van der Waals surface area contributed by atoms with Crippen molar-refractivity contribution in [2.75, 3.05) is 20.2 Å². The van der Waals surface area contributed by atoms with E-state index < -0.39 is 0 Å². The summed E-state index contributed by atoms with van der Waals surface area (Å²) in [7, 11) is 2.17. The highest BCUT2D eigenvalue weighted by Gasteiger charge is 2.22. The highest BCUT2D eigenvalue weighted by Crippen LogP contribution is 2.26. The summed E-state index contributed by atoms with van der Waals surface area (Å²) in [6, 6.07) is 8.48. The summed E-state index contributed by atoms with van der Waals surface area (Å²) < 4.78 is 2.17. The predicted octanol–water partition coefficient (Wildman–Crippen LogP) is 3.21. The van der Waals surface area contributed by atoms with Crippen molar-refractivity contribution in [2.24, 2.45) is 0 Å². The van der Waals surface area contributed by atoms with Crippen LogP contribution < -0.4 is 0 Å². The zero-order chi connectivity index (χ0) is 15.2. The maximum Gasteiger partial charge on any atom is 0.127 e. The average molecular weight is 289 g/mol. The fourth-order valence-corrected chi connectivity index (χ4v) is 2.94. The molecule has 1 atom stereocenters. The van der Waals surface area contributed by atoms with Crippen molar-refractivity contribution >= 4 is 11.0 Å². The summed E-state index contributed by atoms with van der Waals surface area (Å²) in [5, 5.41) is 9.39. The van der Waals surface area contributed by atoms with E-state index in [9.17, 15) is 5.11 Å². The second-order valence-corrected chi connectivity index (χ2v) is 5.59. The molecule has 0 radical (unpaired) electrons. The number of nitrogens with zero attached hydrogens (tertiary/aromatic N) is 3. The molecule has 4 heteroatoms. The van der Waals surface area contributed by atoms with E-state index in [1.54, 1.807) is 0 Å². The van der Waals surface area contributed by atoms with Crippen molar-refractivity contribution in [3.63, 3.8) is 0 Å². The van der Waals surface area contributed by atoms with Gasteiger partial charge < -0.3 is 9.67 Å². The van der Waals surface area contributed by atoms with Crippen molar-refractivity contribution in [1.82, 2.24) is 14.5 Å². The number of aliphatic hydroxyl groups is 1. The van der Waals surface area contributed by atoms with Crippen LogP contribution in [0.4, 0.5) is 0 Å². The number of hydrogen-bond acceptors (Lipinski definition) is 3. The van der Waals surface area contributed by atoms with Crippen molar-refractivity contribution in [2.45, 2.75) is 45.7 Å². The van der Waals surface area contributed by atoms with Gasteiger partial charge in [0.2, 0.25) is 0 Å². The van der Waals surface area contributed by atoms with Crippen LogP contribution in [-0.2, 0) is 6.54 Å². The highest BCUT2D eigenvalue weighted by atomic mass is 16.3. The number of fused-ring (bicyclic) bond motifs is 1. The Morgan fingerprint density at radius 3 is 2.71 bits per heavy atom. The molecule has 0 aliphatic rings. The summed E-state index contributed by atoms with van der Waals surface area (Å²) in [5.41, 5.74) is 2.13. The molecule has 0 fully saturated rings. The Morgan fingerprint density at radius 1 is 1.29 bits per heavy atom. The van der Waals surface area contributed by atoms with E-state index in [-0.39, 0.29) is 6.61 Å². The van der Waals surface area contributed by atoms with Gasteiger partial charge in [-0.25, -0.2) is 4.98 Å². The molecule has 21 heavy (non-hydrogen) atoms. The molecule has 116 valence electrons. The standard InChI is InChI=1S/C17H27N3O/c1-4-6-11-19(3)15(5-2)17-18-14-9-7-8-10-16(14)20(17)12-13-21/h7-10,15,21H,4-6,11-13H2,1-3H3. The van der Waals surface area contributed by atoms with Gasteiger partial charge in [-0.05, 0) is 38.6 Å². The molecule has 0 saturated heterocycles. The summed E-state index contributed by atoms with van der Waals surface area (Å²) in [6.07, 6.45) is 3.43. The Balaban J connectivity index is 2.39. The Bertz CT molecular complexity index is 564. The Hall–Kier alpha value is -1.39. The van der Waals surface area contributed by atoms with Gasteiger partial charge in [0.05, 0.1) is 23.7 Å². The minimum atomic E-state index is 0.141. The van der Waals surface area contributed by atoms with Gasteiger partial charge in [0, 0.05) is 6.54 Å². The minimum absolute atomic E-state index is 0.141. The zero-order valence-electron chi connectivity index (χ0n) is 13.4. The SMILES string of the molecule is CCCCN(C)C(CC)c1nc2ccccc2n1CCO. The number of hydrogen-bond donors (Lipinski definition) is 1. The van der Waals surface area contributed by atoms with Crippen molar-refractivity contribution in [3.8, 4) is 0 Å². The van der Waals surface area contributed by atoms with Gasteiger partial charge in [-0.1, -0.05) is 32.4 Å². The minimum Gasteiger partial charge on any atom is -0.395 e. The fourth-order valence-electron chi connectivity index (χ4n) is 2.94. The van der Waals surface area contributed by atoms with Gasteiger partial charge in [0.1, 0.15) is 5.82 Å². The van der Waals surface area contributed by atoms with Crippen LogP contribution in [-0.4, -0.2) is 39.8 Å². The third-order valence-corrected chi connectivity index (χ3v) is 4.09. The van der Waals surface area contributed by atoms with E-state index in [1.807, 2.05) is 18.2 Å². The van der Waals surface area contributed by atoms with Gasteiger partial charge in [0.15, 0.2) is 0 Å². The van der Waals surface area contributed by atoms with E-state index in [0.29, 0.717) is 12.6 Å². The molecule has 1 N–H and O–H groups in total. The molecule has 1 heterocycles. The number of benzene rings is 1. The molecule has 1 aromatic heterocycles. The largest absolute Gasteiger partial charge is 0.395 e. The van der Waals surface area contributed by atoms with Crippen molar-refractivity contribution < 1.29 is 5.11 Å². The summed E-state index contributed by atoms with van der Waals surface area (Å²) in [4.78, 5) is 7.23. The van der Waals surface area contributed by atoms with Gasteiger partial charge in [0.25, 0.3) is 0 Å². The van der Waals surface area contributed by atoms with Crippen LogP contribution in [0.15, 0.2) is 24.3 Å². The quantitative estimate of drug-likeness (QED) is 0.811. The predicted molar refractivity (Wildman–Crippen MR) is 87.4 cm³/mol. The topological polar surface area (TPSA) is 41.3 Å². The fraction of sp³-hybridized carbons (Fsp3) is 0.588. The van der Waals surface area contributed by atoms with Crippen LogP contribution in [0.5, 0.6) is 0 Å². The second kappa shape index (κ2) is 7.57. The number of unbranched alkanes of at least 4 members (excludes halogenated alkanes) is 1. The van der Waals surface area contributed by atoms with Crippen molar-refractivity contribution in [1.29, 1.82) is 0 Å². The molecule has 1 aromatic carbocycles. The molecule has 2 aromatic rings. The molecular weight excluding hydrogens is 262 g/mol.